The Bertz CT molecular complexity index is 1390. The molecule has 2 heterocycles. The van der Waals surface area contributed by atoms with Crippen LogP contribution < -0.4 is 0 Å². The fourth-order valence-corrected chi connectivity index (χ4v) is 4.49. The van der Waals surface area contributed by atoms with Crippen LogP contribution in [0.25, 0.3) is 45.8 Å². The summed E-state index contributed by atoms with van der Waals surface area (Å²) < 4.78 is 0. The lowest BCUT2D eigenvalue weighted by atomic mass is 9.85. The number of rotatable bonds is 7. The van der Waals surface area contributed by atoms with E-state index in [1.807, 2.05) is 126 Å². The lowest BCUT2D eigenvalue weighted by Crippen LogP contribution is -2.20. The van der Waals surface area contributed by atoms with Crippen LogP contribution in [0.1, 0.15) is 76.3 Å². The van der Waals surface area contributed by atoms with Crippen molar-refractivity contribution in [2.24, 2.45) is 10.8 Å². The second-order valence-corrected chi connectivity index (χ2v) is 12.5. The van der Waals surface area contributed by atoms with Gasteiger partial charge in [0.15, 0.2) is 0 Å². The maximum absolute atomic E-state index is 11.3. The summed E-state index contributed by atoms with van der Waals surface area (Å²) in [4.78, 5) is 9.86. The van der Waals surface area contributed by atoms with Gasteiger partial charge in [-0.15, -0.1) is 0 Å². The van der Waals surface area contributed by atoms with Crippen LogP contribution in [-0.4, -0.2) is 20.2 Å². The summed E-state index contributed by atoms with van der Waals surface area (Å²) in [6.07, 6.45) is 2.06. The van der Waals surface area contributed by atoms with Crippen molar-refractivity contribution in [3.05, 3.63) is 108 Å². The second kappa shape index (κ2) is 11.3. The highest BCUT2D eigenvalue weighted by Gasteiger charge is 2.28. The summed E-state index contributed by atoms with van der Waals surface area (Å²) in [6, 6.07) is 24.2. The van der Waals surface area contributed by atoms with Crippen molar-refractivity contribution >= 4 is 12.2 Å². The first-order valence-corrected chi connectivity index (χ1v) is 13.7. The average molecular weight is 533 g/mol. The molecular weight excluding hydrogens is 492 g/mol. The Balaban J connectivity index is 1.96. The quantitative estimate of drug-likeness (QED) is 0.249. The zero-order valence-electron chi connectivity index (χ0n) is 24.4. The number of hydrogen-bond donors (Lipinski definition) is 2. The van der Waals surface area contributed by atoms with E-state index in [9.17, 15) is 10.2 Å². The van der Waals surface area contributed by atoms with Crippen molar-refractivity contribution in [3.63, 3.8) is 0 Å². The van der Waals surface area contributed by atoms with Crippen LogP contribution in [0.5, 0.6) is 0 Å². The molecule has 0 aliphatic heterocycles. The summed E-state index contributed by atoms with van der Waals surface area (Å²) in [7, 11) is 0. The SMILES string of the molecule is C=Cc1ccc(-c2cc(-c3cc(-c4ccc(C=C)cc4)cc(C(O)C(C)(C)C)n3)nc(C(O)C(C)(C)C)c2)cc1. The van der Waals surface area contributed by atoms with Gasteiger partial charge in [0.05, 0.1) is 22.8 Å². The first-order valence-electron chi connectivity index (χ1n) is 13.7. The minimum absolute atomic E-state index is 0.411. The predicted molar refractivity (Wildman–Crippen MR) is 167 cm³/mol. The third kappa shape index (κ3) is 6.47. The van der Waals surface area contributed by atoms with Crippen LogP contribution >= 0.6 is 0 Å². The van der Waals surface area contributed by atoms with E-state index < -0.39 is 23.0 Å². The van der Waals surface area contributed by atoms with Crippen LogP contribution in [0.2, 0.25) is 0 Å². The van der Waals surface area contributed by atoms with E-state index in [0.29, 0.717) is 22.8 Å². The molecule has 0 fully saturated rings. The number of aromatic nitrogens is 2. The third-order valence-electron chi connectivity index (χ3n) is 7.11. The van der Waals surface area contributed by atoms with E-state index >= 15 is 0 Å². The largest absolute Gasteiger partial charge is 0.386 e. The summed E-state index contributed by atoms with van der Waals surface area (Å²) in [5.74, 6) is 0. The Kier molecular flexibility index (Phi) is 8.25. The summed E-state index contributed by atoms with van der Waals surface area (Å²) in [6.45, 7) is 19.7. The maximum Gasteiger partial charge on any atom is 0.101 e. The fraction of sp³-hybridized carbons (Fsp3) is 0.278. The normalized spacial score (nSPS) is 13.5. The number of hydrogen-bond acceptors (Lipinski definition) is 4. The maximum atomic E-state index is 11.3. The first kappa shape index (κ1) is 29.1. The summed E-state index contributed by atoms with van der Waals surface area (Å²) in [5, 5.41) is 22.5. The number of aliphatic hydroxyl groups is 2. The Morgan fingerprint density at radius 2 is 0.875 bits per heavy atom. The Morgan fingerprint density at radius 3 is 1.15 bits per heavy atom. The smallest absolute Gasteiger partial charge is 0.101 e. The second-order valence-electron chi connectivity index (χ2n) is 12.5. The van der Waals surface area contributed by atoms with E-state index in [2.05, 4.69) is 13.2 Å². The standard InChI is InChI=1S/C36H40N2O2/c1-9-23-11-15-25(16-12-23)27-19-29(37-31(21-27)33(39)35(3,4)5)30-20-28(26-17-13-24(10-2)14-18-26)22-32(38-30)34(40)36(6,7)8/h9-22,33-34,39-40H,1-2H2,3-8H3. The lowest BCUT2D eigenvalue weighted by Gasteiger charge is -2.27. The predicted octanol–water partition coefficient (Wildman–Crippen LogP) is 8.92. The van der Waals surface area contributed by atoms with Gasteiger partial charge >= 0.3 is 0 Å². The molecule has 0 aliphatic rings. The molecule has 2 atom stereocenters. The molecule has 0 bridgehead atoms. The molecule has 0 saturated heterocycles. The molecule has 2 unspecified atom stereocenters. The molecule has 0 radical (unpaired) electrons. The van der Waals surface area contributed by atoms with E-state index in [1.54, 1.807) is 0 Å². The molecule has 2 N–H and O–H groups in total. The first-order chi connectivity index (χ1) is 18.8. The van der Waals surface area contributed by atoms with Gasteiger partial charge in [-0.1, -0.05) is 115 Å². The van der Waals surface area contributed by atoms with Gasteiger partial charge in [-0.3, -0.25) is 0 Å². The molecule has 2 aromatic carbocycles. The molecule has 4 heteroatoms. The van der Waals surface area contributed by atoms with Gasteiger partial charge in [0.1, 0.15) is 12.2 Å². The summed E-state index contributed by atoms with van der Waals surface area (Å²) >= 11 is 0. The van der Waals surface area contributed by atoms with Crippen LogP contribution in [0.3, 0.4) is 0 Å². The van der Waals surface area contributed by atoms with E-state index in [0.717, 1.165) is 33.4 Å². The van der Waals surface area contributed by atoms with Crippen LogP contribution in [0.4, 0.5) is 0 Å². The Morgan fingerprint density at radius 1 is 0.550 bits per heavy atom. The minimum Gasteiger partial charge on any atom is -0.386 e. The molecule has 2 aromatic heterocycles. The molecule has 40 heavy (non-hydrogen) atoms. The highest BCUT2D eigenvalue weighted by molar-refractivity contribution is 5.75. The van der Waals surface area contributed by atoms with Crippen molar-refractivity contribution in [1.29, 1.82) is 0 Å². The van der Waals surface area contributed by atoms with Crippen LogP contribution in [0.15, 0.2) is 86.0 Å². The van der Waals surface area contributed by atoms with Gasteiger partial charge in [-0.25, -0.2) is 9.97 Å². The minimum atomic E-state index is -0.784. The number of nitrogens with zero attached hydrogens (tertiary/aromatic N) is 2. The highest BCUT2D eigenvalue weighted by Crippen LogP contribution is 2.38. The highest BCUT2D eigenvalue weighted by atomic mass is 16.3. The van der Waals surface area contributed by atoms with E-state index in [-0.39, 0.29) is 0 Å². The van der Waals surface area contributed by atoms with E-state index in [1.165, 1.54) is 0 Å². The molecule has 4 rings (SSSR count). The summed E-state index contributed by atoms with van der Waals surface area (Å²) in [5.41, 5.74) is 7.53. The van der Waals surface area contributed by atoms with Gasteiger partial charge < -0.3 is 10.2 Å². The van der Waals surface area contributed by atoms with Crippen molar-refractivity contribution in [2.75, 3.05) is 0 Å². The zero-order chi connectivity index (χ0) is 29.2. The van der Waals surface area contributed by atoms with Gasteiger partial charge in [-0.05, 0) is 68.5 Å². The van der Waals surface area contributed by atoms with Gasteiger partial charge in [-0.2, -0.15) is 0 Å². The Hall–Kier alpha value is -3.86. The van der Waals surface area contributed by atoms with Crippen molar-refractivity contribution < 1.29 is 10.2 Å². The van der Waals surface area contributed by atoms with Crippen LogP contribution in [-0.2, 0) is 0 Å². The molecule has 206 valence electrons. The molecule has 0 spiro atoms. The van der Waals surface area contributed by atoms with Gasteiger partial charge in [0, 0.05) is 0 Å². The molecule has 0 amide bonds. The Labute approximate surface area is 238 Å². The molecule has 0 aliphatic carbocycles. The topological polar surface area (TPSA) is 66.2 Å². The molecular formula is C36H40N2O2. The number of aliphatic hydroxyl groups excluding tert-OH is 2. The van der Waals surface area contributed by atoms with E-state index in [4.69, 9.17) is 9.97 Å². The molecule has 0 saturated carbocycles. The fourth-order valence-electron chi connectivity index (χ4n) is 4.49. The number of benzene rings is 2. The molecule has 4 nitrogen and oxygen atoms in total. The van der Waals surface area contributed by atoms with Gasteiger partial charge in [0.2, 0.25) is 0 Å². The third-order valence-corrected chi connectivity index (χ3v) is 7.11. The monoisotopic (exact) mass is 532 g/mol. The van der Waals surface area contributed by atoms with Crippen molar-refractivity contribution in [2.45, 2.75) is 53.8 Å². The van der Waals surface area contributed by atoms with Crippen LogP contribution in [0, 0.1) is 10.8 Å². The number of pyridine rings is 2. The van der Waals surface area contributed by atoms with Crippen molar-refractivity contribution in [3.8, 4) is 33.6 Å². The molecule has 4 aromatic rings. The lowest BCUT2D eigenvalue weighted by molar-refractivity contribution is 0.0587. The van der Waals surface area contributed by atoms with Crippen molar-refractivity contribution in [1.82, 2.24) is 9.97 Å². The van der Waals surface area contributed by atoms with Gasteiger partial charge in [0.25, 0.3) is 0 Å². The average Bonchev–Trinajstić information content (AvgIpc) is 2.95. The zero-order valence-corrected chi connectivity index (χ0v) is 24.4.